The van der Waals surface area contributed by atoms with Gasteiger partial charge in [0.2, 0.25) is 0 Å². The first-order chi connectivity index (χ1) is 31.8. The molecule has 65 heavy (non-hydrogen) atoms. The van der Waals surface area contributed by atoms with Crippen LogP contribution in [0.5, 0.6) is 0 Å². The summed E-state index contributed by atoms with van der Waals surface area (Å²) in [6.07, 6.45) is 71.7. The van der Waals surface area contributed by atoms with Crippen LogP contribution in [0, 0.1) is 0 Å². The lowest BCUT2D eigenvalue weighted by Crippen LogP contribution is -2.29. The molecule has 0 heterocycles. The zero-order valence-corrected chi connectivity index (χ0v) is 40.8. The van der Waals surface area contributed by atoms with E-state index in [1.807, 2.05) is 12.2 Å². The van der Waals surface area contributed by atoms with E-state index in [-0.39, 0.29) is 32.6 Å². The van der Waals surface area contributed by atoms with Crippen LogP contribution in [0.2, 0.25) is 0 Å². The number of phosphoric ester groups is 1. The van der Waals surface area contributed by atoms with Crippen LogP contribution in [0.15, 0.2) is 158 Å². The van der Waals surface area contributed by atoms with Gasteiger partial charge in [-0.1, -0.05) is 185 Å². The van der Waals surface area contributed by atoms with E-state index in [1.165, 1.54) is 0 Å². The number of phosphoric acid groups is 1. The van der Waals surface area contributed by atoms with Gasteiger partial charge in [-0.15, -0.1) is 0 Å². The molecule has 362 valence electrons. The van der Waals surface area contributed by atoms with Gasteiger partial charge in [0.25, 0.3) is 0 Å². The minimum absolute atomic E-state index is 0.0275. The average molecular weight is 918 g/mol. The van der Waals surface area contributed by atoms with E-state index in [4.69, 9.17) is 24.3 Å². The van der Waals surface area contributed by atoms with Crippen molar-refractivity contribution in [3.05, 3.63) is 158 Å². The zero-order chi connectivity index (χ0) is 47.4. The molecule has 0 radical (unpaired) electrons. The Morgan fingerprint density at radius 1 is 0.477 bits per heavy atom. The van der Waals surface area contributed by atoms with Crippen molar-refractivity contribution in [2.24, 2.45) is 5.73 Å². The summed E-state index contributed by atoms with van der Waals surface area (Å²) >= 11 is 0. The van der Waals surface area contributed by atoms with Crippen molar-refractivity contribution >= 4 is 19.8 Å². The van der Waals surface area contributed by atoms with E-state index in [2.05, 4.69) is 154 Å². The highest BCUT2D eigenvalue weighted by Crippen LogP contribution is 2.43. The Morgan fingerprint density at radius 2 is 0.846 bits per heavy atom. The molecule has 3 N–H and O–H groups in total. The van der Waals surface area contributed by atoms with Crippen LogP contribution >= 0.6 is 7.82 Å². The van der Waals surface area contributed by atoms with Crippen molar-refractivity contribution in [2.45, 2.75) is 148 Å². The van der Waals surface area contributed by atoms with Crippen molar-refractivity contribution in [1.82, 2.24) is 0 Å². The van der Waals surface area contributed by atoms with Crippen LogP contribution < -0.4 is 5.73 Å². The van der Waals surface area contributed by atoms with Gasteiger partial charge in [0, 0.05) is 13.0 Å². The van der Waals surface area contributed by atoms with Gasteiger partial charge in [-0.05, 0) is 103 Å². The summed E-state index contributed by atoms with van der Waals surface area (Å²) < 4.78 is 32.7. The number of unbranched alkanes of at least 4 members (excludes halogenated alkanes) is 4. The number of carbonyl (C=O) groups is 2. The largest absolute Gasteiger partial charge is 0.472 e. The second kappa shape index (κ2) is 49.1. The van der Waals surface area contributed by atoms with Gasteiger partial charge in [-0.3, -0.25) is 18.6 Å². The first kappa shape index (κ1) is 60.6. The van der Waals surface area contributed by atoms with Gasteiger partial charge in [-0.25, -0.2) is 4.57 Å². The first-order valence-corrected chi connectivity index (χ1v) is 25.5. The maximum atomic E-state index is 12.6. The average Bonchev–Trinajstić information content (AvgIpc) is 3.30. The Balaban J connectivity index is 4.27. The van der Waals surface area contributed by atoms with Crippen LogP contribution in [0.1, 0.15) is 142 Å². The second-order valence-electron chi connectivity index (χ2n) is 14.9. The molecule has 0 saturated heterocycles. The molecule has 0 aromatic rings. The molecule has 2 atom stereocenters. The smallest absolute Gasteiger partial charge is 0.461 e. The normalized spacial score (nSPS) is 14.6. The Kier molecular flexibility index (Phi) is 45.8. The molecule has 10 heteroatoms. The fourth-order valence-electron chi connectivity index (χ4n) is 5.49. The predicted molar refractivity (Wildman–Crippen MR) is 274 cm³/mol. The zero-order valence-electron chi connectivity index (χ0n) is 39.9. The number of rotatable bonds is 42. The summed E-state index contributed by atoms with van der Waals surface area (Å²) in [5, 5.41) is 0. The molecular weight excluding hydrogens is 834 g/mol. The Morgan fingerprint density at radius 3 is 1.25 bits per heavy atom. The highest BCUT2D eigenvalue weighted by molar-refractivity contribution is 7.47. The Bertz CT molecular complexity index is 1610. The van der Waals surface area contributed by atoms with E-state index in [1.54, 1.807) is 6.08 Å². The maximum absolute atomic E-state index is 12.6. The van der Waals surface area contributed by atoms with Gasteiger partial charge < -0.3 is 20.1 Å². The van der Waals surface area contributed by atoms with Crippen LogP contribution in [0.3, 0.4) is 0 Å². The van der Waals surface area contributed by atoms with E-state index in [0.29, 0.717) is 12.8 Å². The summed E-state index contributed by atoms with van der Waals surface area (Å²) in [4.78, 5) is 34.9. The number of allylic oxidation sites excluding steroid dienone is 25. The molecule has 0 aliphatic heterocycles. The van der Waals surface area contributed by atoms with Crippen molar-refractivity contribution < 1.29 is 37.6 Å². The van der Waals surface area contributed by atoms with Crippen LogP contribution in [0.25, 0.3) is 0 Å². The lowest BCUT2D eigenvalue weighted by molar-refractivity contribution is -0.160. The van der Waals surface area contributed by atoms with Gasteiger partial charge in [-0.2, -0.15) is 0 Å². The highest BCUT2D eigenvalue weighted by Gasteiger charge is 2.25. The highest BCUT2D eigenvalue weighted by atomic mass is 31.2. The lowest BCUT2D eigenvalue weighted by Gasteiger charge is -2.19. The number of hydrogen-bond donors (Lipinski definition) is 2. The Hall–Kier alpha value is -4.37. The van der Waals surface area contributed by atoms with Crippen molar-refractivity contribution in [1.29, 1.82) is 0 Å². The van der Waals surface area contributed by atoms with Crippen molar-refractivity contribution in [3.63, 3.8) is 0 Å². The Labute approximate surface area is 394 Å². The molecule has 0 aromatic carbocycles. The molecule has 0 aliphatic carbocycles. The molecule has 9 nitrogen and oxygen atoms in total. The summed E-state index contributed by atoms with van der Waals surface area (Å²) in [6, 6.07) is 0. The SMILES string of the molecule is CC/C=C\C/C=C\C/C=C\C/C=C\C/C=C\C/C=C\C/C=C\C/C=C\CCCCCCC(=O)OC(COC(=O)C/C=C\C/C=C\C/C=C\C/C=C\C/C=C\CC)COP(=O)(O)OCCN. The van der Waals surface area contributed by atoms with Crippen LogP contribution in [0.4, 0.5) is 0 Å². The van der Waals surface area contributed by atoms with Crippen LogP contribution in [-0.2, 0) is 32.7 Å². The second-order valence-corrected chi connectivity index (χ2v) is 16.3. The van der Waals surface area contributed by atoms with E-state index < -0.39 is 32.5 Å². The third-order valence-corrected chi connectivity index (χ3v) is 9.93. The minimum Gasteiger partial charge on any atom is -0.461 e. The molecule has 0 saturated carbocycles. The van der Waals surface area contributed by atoms with E-state index >= 15 is 0 Å². The summed E-state index contributed by atoms with van der Waals surface area (Å²) in [5.41, 5.74) is 5.35. The molecule has 0 spiro atoms. The molecule has 0 amide bonds. The number of nitrogens with two attached hydrogens (primary N) is 1. The third kappa shape index (κ3) is 48.9. The van der Waals surface area contributed by atoms with Gasteiger partial charge >= 0.3 is 19.8 Å². The number of hydrogen-bond acceptors (Lipinski definition) is 8. The fraction of sp³-hybridized carbons (Fsp3) is 0.491. The lowest BCUT2D eigenvalue weighted by atomic mass is 10.1. The number of carbonyl (C=O) groups excluding carboxylic acids is 2. The fourth-order valence-corrected chi connectivity index (χ4v) is 6.25. The summed E-state index contributed by atoms with van der Waals surface area (Å²) in [6.45, 7) is 3.32. The first-order valence-electron chi connectivity index (χ1n) is 24.0. The number of esters is 2. The topological polar surface area (TPSA) is 134 Å². The quantitative estimate of drug-likeness (QED) is 0.0266. The van der Waals surface area contributed by atoms with Gasteiger partial charge in [0.05, 0.1) is 19.6 Å². The van der Waals surface area contributed by atoms with Gasteiger partial charge in [0.1, 0.15) is 6.61 Å². The monoisotopic (exact) mass is 918 g/mol. The number of ether oxygens (including phenoxy) is 2. The molecule has 0 fully saturated rings. The van der Waals surface area contributed by atoms with Crippen molar-refractivity contribution in [2.75, 3.05) is 26.4 Å². The van der Waals surface area contributed by atoms with Crippen LogP contribution in [-0.4, -0.2) is 49.3 Å². The summed E-state index contributed by atoms with van der Waals surface area (Å²) in [5.74, 6) is -1.02. The molecule has 0 rings (SSSR count). The van der Waals surface area contributed by atoms with Gasteiger partial charge in [0.15, 0.2) is 6.10 Å². The summed E-state index contributed by atoms with van der Waals surface area (Å²) in [7, 11) is -4.42. The van der Waals surface area contributed by atoms with E-state index in [0.717, 1.165) is 103 Å². The molecular formula is C55H84NO8P. The molecule has 0 bridgehead atoms. The predicted octanol–water partition coefficient (Wildman–Crippen LogP) is 14.6. The molecule has 0 aliphatic rings. The minimum atomic E-state index is -4.42. The third-order valence-electron chi connectivity index (χ3n) is 8.94. The molecule has 2 unspecified atom stereocenters. The standard InChI is InChI=1S/C55H84NO8P/c1-3-5-7-9-11-13-15-17-19-20-21-22-23-24-25-26-27-28-29-30-31-32-34-36-38-40-42-44-46-48-55(58)64-53(52-63-65(59,60)62-50-49-56)51-61-54(57)47-45-43-41-39-37-35-33-18-16-14-12-10-8-6-4-2/h5-8,11-14,17-19,21-22,24-25,27-28,30-31,33-34,36-37,39,43,45,53H,3-4,9-10,15-16,20,23,26,29,32,35,38,40-42,44,46-52,56H2,1-2H3,(H,59,60)/b7-5-,8-6-,13-11-,14-12-,19-17-,22-21-,25-24-,28-27-,31-30-,33-18-,36-34-,39-37-,45-43-. The van der Waals surface area contributed by atoms with Crippen molar-refractivity contribution in [3.8, 4) is 0 Å². The molecule has 0 aromatic heterocycles. The van der Waals surface area contributed by atoms with E-state index in [9.17, 15) is 19.0 Å². The maximum Gasteiger partial charge on any atom is 0.472 e.